The smallest absolute Gasteiger partial charge is 0.335 e. The van der Waals surface area contributed by atoms with Crippen molar-refractivity contribution < 1.29 is 14.7 Å². The normalized spacial score (nSPS) is 19.6. The number of carbonyl (C=O) groups excluding carboxylic acids is 1. The molecule has 20 heavy (non-hydrogen) atoms. The largest absolute Gasteiger partial charge is 0.478 e. The summed E-state index contributed by atoms with van der Waals surface area (Å²) in [6.45, 7) is 1.71. The third kappa shape index (κ3) is 3.57. The summed E-state index contributed by atoms with van der Waals surface area (Å²) in [4.78, 5) is 25.0. The summed E-state index contributed by atoms with van der Waals surface area (Å²) in [5.74, 6) is -1.14. The fraction of sp³-hybridized carbons (Fsp3) is 0.467. The van der Waals surface area contributed by atoms with Gasteiger partial charge in [-0.05, 0) is 50.7 Å². The fourth-order valence-corrected chi connectivity index (χ4v) is 2.48. The first-order chi connectivity index (χ1) is 9.58. The van der Waals surface area contributed by atoms with Crippen molar-refractivity contribution in [3.63, 3.8) is 0 Å². The molecule has 1 aromatic rings. The predicted molar refractivity (Wildman–Crippen MR) is 76.0 cm³/mol. The van der Waals surface area contributed by atoms with Crippen molar-refractivity contribution in [2.24, 2.45) is 0 Å². The molecule has 0 aromatic heterocycles. The van der Waals surface area contributed by atoms with Crippen LogP contribution >= 0.6 is 0 Å². The van der Waals surface area contributed by atoms with Gasteiger partial charge in [0.1, 0.15) is 0 Å². The molecule has 0 bridgehead atoms. The summed E-state index contributed by atoms with van der Waals surface area (Å²) in [5, 5.41) is 11.7. The van der Waals surface area contributed by atoms with Crippen LogP contribution in [-0.4, -0.2) is 48.1 Å². The van der Waals surface area contributed by atoms with Crippen LogP contribution in [0.1, 0.15) is 40.0 Å². The second kappa shape index (κ2) is 6.52. The Morgan fingerprint density at radius 1 is 1.25 bits per heavy atom. The Balaban J connectivity index is 1.89. The van der Waals surface area contributed by atoms with Gasteiger partial charge in [0.25, 0.3) is 5.91 Å². The minimum absolute atomic E-state index is 0.152. The van der Waals surface area contributed by atoms with Gasteiger partial charge in [-0.25, -0.2) is 4.79 Å². The van der Waals surface area contributed by atoms with E-state index in [2.05, 4.69) is 17.3 Å². The number of aromatic carboxylic acids is 1. The number of likely N-dealkylation sites (tertiary alicyclic amines) is 1. The fourth-order valence-electron chi connectivity index (χ4n) is 2.48. The molecule has 2 rings (SSSR count). The summed E-state index contributed by atoms with van der Waals surface area (Å²) in [6.07, 6.45) is 3.53. The van der Waals surface area contributed by atoms with Crippen LogP contribution in [0.4, 0.5) is 0 Å². The van der Waals surface area contributed by atoms with Crippen LogP contribution in [0.3, 0.4) is 0 Å². The molecule has 0 saturated carbocycles. The maximum atomic E-state index is 12.0. The first kappa shape index (κ1) is 14.5. The molecule has 1 unspecified atom stereocenters. The second-order valence-electron chi connectivity index (χ2n) is 5.22. The summed E-state index contributed by atoms with van der Waals surface area (Å²) < 4.78 is 0. The van der Waals surface area contributed by atoms with Crippen LogP contribution in [0.15, 0.2) is 24.3 Å². The quantitative estimate of drug-likeness (QED) is 0.876. The van der Waals surface area contributed by atoms with Gasteiger partial charge in [-0.1, -0.05) is 6.42 Å². The van der Waals surface area contributed by atoms with E-state index in [1.54, 1.807) is 12.1 Å². The van der Waals surface area contributed by atoms with Crippen LogP contribution < -0.4 is 5.32 Å². The van der Waals surface area contributed by atoms with E-state index >= 15 is 0 Å². The van der Waals surface area contributed by atoms with Gasteiger partial charge in [-0.15, -0.1) is 0 Å². The molecular formula is C15H20N2O3. The van der Waals surface area contributed by atoms with E-state index in [0.29, 0.717) is 18.2 Å². The third-order valence-electron chi connectivity index (χ3n) is 3.81. The summed E-state index contributed by atoms with van der Waals surface area (Å²) in [6, 6.07) is 6.38. The van der Waals surface area contributed by atoms with E-state index in [9.17, 15) is 9.59 Å². The molecular weight excluding hydrogens is 256 g/mol. The monoisotopic (exact) mass is 276 g/mol. The molecule has 1 heterocycles. The molecule has 0 aliphatic carbocycles. The molecule has 1 amide bonds. The van der Waals surface area contributed by atoms with E-state index in [1.165, 1.54) is 25.0 Å². The number of carbonyl (C=O) groups is 2. The van der Waals surface area contributed by atoms with Crippen LogP contribution in [-0.2, 0) is 0 Å². The summed E-state index contributed by atoms with van der Waals surface area (Å²) in [5.41, 5.74) is 0.682. The number of amides is 1. The van der Waals surface area contributed by atoms with Crippen molar-refractivity contribution in [1.82, 2.24) is 10.2 Å². The molecule has 1 aliphatic rings. The number of carboxylic acid groups (broad SMARTS) is 1. The maximum Gasteiger partial charge on any atom is 0.335 e. The molecule has 0 radical (unpaired) electrons. The van der Waals surface area contributed by atoms with E-state index in [1.807, 2.05) is 0 Å². The molecule has 0 spiro atoms. The highest BCUT2D eigenvalue weighted by atomic mass is 16.4. The highest BCUT2D eigenvalue weighted by Crippen LogP contribution is 2.14. The van der Waals surface area contributed by atoms with Crippen molar-refractivity contribution in [3.8, 4) is 0 Å². The highest BCUT2D eigenvalue weighted by molar-refractivity contribution is 5.95. The maximum absolute atomic E-state index is 12.0. The predicted octanol–water partition coefficient (Wildman–Crippen LogP) is 1.60. The molecule has 1 atom stereocenters. The van der Waals surface area contributed by atoms with Gasteiger partial charge in [0, 0.05) is 18.2 Å². The van der Waals surface area contributed by atoms with Gasteiger partial charge in [0.05, 0.1) is 5.56 Å². The zero-order valence-electron chi connectivity index (χ0n) is 11.6. The Morgan fingerprint density at radius 2 is 1.90 bits per heavy atom. The average molecular weight is 276 g/mol. The second-order valence-corrected chi connectivity index (χ2v) is 5.22. The van der Waals surface area contributed by atoms with Crippen molar-refractivity contribution >= 4 is 11.9 Å². The lowest BCUT2D eigenvalue weighted by Gasteiger charge is -2.32. The number of hydrogen-bond acceptors (Lipinski definition) is 3. The molecule has 108 valence electrons. The van der Waals surface area contributed by atoms with Gasteiger partial charge in [-0.3, -0.25) is 4.79 Å². The van der Waals surface area contributed by atoms with Crippen LogP contribution in [0.2, 0.25) is 0 Å². The van der Waals surface area contributed by atoms with E-state index < -0.39 is 5.97 Å². The lowest BCUT2D eigenvalue weighted by atomic mass is 10.0. The Hall–Kier alpha value is -1.88. The standard InChI is InChI=1S/C15H20N2O3/c1-17-9-3-2-4-13(17)10-16-14(18)11-5-7-12(8-6-11)15(19)20/h5-8,13H,2-4,9-10H2,1H3,(H,16,18)(H,19,20). The Morgan fingerprint density at radius 3 is 2.50 bits per heavy atom. The van der Waals surface area contributed by atoms with E-state index in [0.717, 1.165) is 13.0 Å². The topological polar surface area (TPSA) is 69.6 Å². The molecule has 1 saturated heterocycles. The molecule has 1 aliphatic heterocycles. The number of carboxylic acids is 1. The zero-order valence-corrected chi connectivity index (χ0v) is 11.6. The third-order valence-corrected chi connectivity index (χ3v) is 3.81. The van der Waals surface area contributed by atoms with Crippen molar-refractivity contribution in [3.05, 3.63) is 35.4 Å². The lowest BCUT2D eigenvalue weighted by molar-refractivity contribution is 0.0696. The minimum atomic E-state index is -0.985. The van der Waals surface area contributed by atoms with Gasteiger partial charge in [0.2, 0.25) is 0 Å². The molecule has 5 heteroatoms. The van der Waals surface area contributed by atoms with Crippen molar-refractivity contribution in [2.75, 3.05) is 20.1 Å². The number of benzene rings is 1. The summed E-state index contributed by atoms with van der Waals surface area (Å²) in [7, 11) is 2.08. The Bertz CT molecular complexity index is 484. The van der Waals surface area contributed by atoms with E-state index in [-0.39, 0.29) is 11.5 Å². The Labute approximate surface area is 118 Å². The highest BCUT2D eigenvalue weighted by Gasteiger charge is 2.19. The molecule has 1 aromatic carbocycles. The zero-order chi connectivity index (χ0) is 14.5. The van der Waals surface area contributed by atoms with Gasteiger partial charge in [0.15, 0.2) is 0 Å². The number of rotatable bonds is 4. The number of likely N-dealkylation sites (N-methyl/N-ethyl adjacent to an activating group) is 1. The van der Waals surface area contributed by atoms with Gasteiger partial charge in [-0.2, -0.15) is 0 Å². The number of nitrogens with zero attached hydrogens (tertiary/aromatic N) is 1. The van der Waals surface area contributed by atoms with Crippen molar-refractivity contribution in [1.29, 1.82) is 0 Å². The number of nitrogens with one attached hydrogen (secondary N) is 1. The van der Waals surface area contributed by atoms with Gasteiger partial charge < -0.3 is 15.3 Å². The first-order valence-electron chi connectivity index (χ1n) is 6.89. The van der Waals surface area contributed by atoms with Crippen LogP contribution in [0.5, 0.6) is 0 Å². The molecule has 5 nitrogen and oxygen atoms in total. The number of hydrogen-bond donors (Lipinski definition) is 2. The van der Waals surface area contributed by atoms with E-state index in [4.69, 9.17) is 5.11 Å². The minimum Gasteiger partial charge on any atom is -0.478 e. The van der Waals surface area contributed by atoms with Crippen LogP contribution in [0, 0.1) is 0 Å². The lowest BCUT2D eigenvalue weighted by Crippen LogP contribution is -2.44. The van der Waals surface area contributed by atoms with Gasteiger partial charge >= 0.3 is 5.97 Å². The Kier molecular flexibility index (Phi) is 4.74. The SMILES string of the molecule is CN1CCCCC1CNC(=O)c1ccc(C(=O)O)cc1. The van der Waals surface area contributed by atoms with Crippen molar-refractivity contribution in [2.45, 2.75) is 25.3 Å². The number of piperidine rings is 1. The summed E-state index contributed by atoms with van der Waals surface area (Å²) >= 11 is 0. The van der Waals surface area contributed by atoms with Crippen LogP contribution in [0.25, 0.3) is 0 Å². The molecule has 1 fully saturated rings. The first-order valence-corrected chi connectivity index (χ1v) is 6.89. The molecule has 2 N–H and O–H groups in total. The average Bonchev–Trinajstić information content (AvgIpc) is 2.46.